The van der Waals surface area contributed by atoms with Crippen LogP contribution >= 0.6 is 11.6 Å². The van der Waals surface area contributed by atoms with Gasteiger partial charge in [0.05, 0.1) is 11.6 Å². The Morgan fingerprint density at radius 1 is 1.53 bits per heavy atom. The van der Waals surface area contributed by atoms with E-state index in [1.165, 1.54) is 0 Å². The van der Waals surface area contributed by atoms with Gasteiger partial charge in [0, 0.05) is 12.0 Å². The van der Waals surface area contributed by atoms with E-state index in [9.17, 15) is 0 Å². The molecule has 0 bridgehead atoms. The number of rotatable bonds is 2. The first-order valence-electron chi connectivity index (χ1n) is 4.84. The standard InChI is InChI=1S/C11H14ClNO2/c1-11(2)5-8-3-7(6-14-13)4-9(12)10(8)15-11/h3-4H,5-6,13H2,1-2H3. The summed E-state index contributed by atoms with van der Waals surface area (Å²) < 4.78 is 5.75. The number of fused-ring (bicyclic) bond motifs is 1. The van der Waals surface area contributed by atoms with Crippen LogP contribution in [0, 0.1) is 0 Å². The third kappa shape index (κ3) is 2.09. The Hall–Kier alpha value is -0.770. The second-order valence-electron chi connectivity index (χ2n) is 4.42. The highest BCUT2D eigenvalue weighted by Crippen LogP contribution is 2.40. The van der Waals surface area contributed by atoms with Crippen molar-refractivity contribution < 1.29 is 9.57 Å². The van der Waals surface area contributed by atoms with Gasteiger partial charge in [-0.05, 0) is 31.5 Å². The van der Waals surface area contributed by atoms with Gasteiger partial charge in [-0.3, -0.25) is 4.84 Å². The van der Waals surface area contributed by atoms with Crippen molar-refractivity contribution in [3.8, 4) is 5.75 Å². The van der Waals surface area contributed by atoms with E-state index in [2.05, 4.69) is 4.84 Å². The van der Waals surface area contributed by atoms with E-state index in [-0.39, 0.29) is 5.60 Å². The lowest BCUT2D eigenvalue weighted by atomic mass is 10.0. The van der Waals surface area contributed by atoms with Crippen LogP contribution in [0.4, 0.5) is 0 Å². The van der Waals surface area contributed by atoms with Gasteiger partial charge in [-0.2, -0.15) is 0 Å². The van der Waals surface area contributed by atoms with Crippen molar-refractivity contribution >= 4 is 11.6 Å². The normalized spacial score (nSPS) is 17.3. The van der Waals surface area contributed by atoms with Crippen LogP contribution in [0.15, 0.2) is 12.1 Å². The van der Waals surface area contributed by atoms with E-state index in [0.29, 0.717) is 11.6 Å². The molecule has 0 saturated heterocycles. The molecule has 0 amide bonds. The molecule has 1 aromatic carbocycles. The van der Waals surface area contributed by atoms with Crippen LogP contribution in [0.5, 0.6) is 5.75 Å². The average molecular weight is 228 g/mol. The number of ether oxygens (including phenoxy) is 1. The maximum atomic E-state index is 6.12. The molecule has 0 radical (unpaired) electrons. The van der Waals surface area contributed by atoms with Crippen LogP contribution in [-0.4, -0.2) is 5.60 Å². The Bertz CT molecular complexity index is 390. The molecule has 0 unspecified atom stereocenters. The lowest BCUT2D eigenvalue weighted by Gasteiger charge is -2.17. The zero-order valence-corrected chi connectivity index (χ0v) is 9.60. The maximum absolute atomic E-state index is 6.12. The molecule has 2 rings (SSSR count). The number of hydrogen-bond donors (Lipinski definition) is 1. The Morgan fingerprint density at radius 2 is 2.27 bits per heavy atom. The SMILES string of the molecule is CC1(C)Cc2cc(CON)cc(Cl)c2O1. The Morgan fingerprint density at radius 3 is 2.93 bits per heavy atom. The van der Waals surface area contributed by atoms with Crippen LogP contribution in [0.25, 0.3) is 0 Å². The monoisotopic (exact) mass is 227 g/mol. The van der Waals surface area contributed by atoms with Gasteiger partial charge in [0.1, 0.15) is 11.4 Å². The summed E-state index contributed by atoms with van der Waals surface area (Å²) in [6, 6.07) is 3.86. The van der Waals surface area contributed by atoms with Crippen molar-refractivity contribution in [3.05, 3.63) is 28.3 Å². The molecule has 0 atom stereocenters. The van der Waals surface area contributed by atoms with E-state index in [0.717, 1.165) is 23.3 Å². The largest absolute Gasteiger partial charge is 0.486 e. The predicted molar refractivity (Wildman–Crippen MR) is 58.8 cm³/mol. The molecule has 0 aromatic heterocycles. The minimum atomic E-state index is -0.172. The van der Waals surface area contributed by atoms with Gasteiger partial charge in [-0.15, -0.1) is 0 Å². The number of halogens is 1. The van der Waals surface area contributed by atoms with E-state index in [1.807, 2.05) is 26.0 Å². The minimum Gasteiger partial charge on any atom is -0.486 e. The fourth-order valence-electron chi connectivity index (χ4n) is 1.91. The summed E-state index contributed by atoms with van der Waals surface area (Å²) in [6.45, 7) is 4.46. The molecule has 4 heteroatoms. The van der Waals surface area contributed by atoms with Crippen molar-refractivity contribution in [2.45, 2.75) is 32.5 Å². The topological polar surface area (TPSA) is 44.5 Å². The molecule has 15 heavy (non-hydrogen) atoms. The van der Waals surface area contributed by atoms with E-state index in [4.69, 9.17) is 22.2 Å². The number of nitrogens with two attached hydrogens (primary N) is 1. The Labute approximate surface area is 94.1 Å². The zero-order chi connectivity index (χ0) is 11.1. The summed E-state index contributed by atoms with van der Waals surface area (Å²) in [5, 5.41) is 0.630. The maximum Gasteiger partial charge on any atom is 0.142 e. The quantitative estimate of drug-likeness (QED) is 0.790. The number of benzene rings is 1. The van der Waals surface area contributed by atoms with Gasteiger partial charge >= 0.3 is 0 Å². The van der Waals surface area contributed by atoms with E-state index < -0.39 is 0 Å². The van der Waals surface area contributed by atoms with Gasteiger partial charge in [0.2, 0.25) is 0 Å². The molecule has 0 saturated carbocycles. The Kier molecular flexibility index (Phi) is 2.63. The van der Waals surface area contributed by atoms with E-state index >= 15 is 0 Å². The molecule has 2 N–H and O–H groups in total. The Balaban J connectivity index is 2.38. The molecule has 0 spiro atoms. The molecule has 1 aliphatic rings. The molecule has 1 aliphatic heterocycles. The predicted octanol–water partition coefficient (Wildman–Crippen LogP) is 2.44. The van der Waals surface area contributed by atoms with Crippen molar-refractivity contribution in [1.29, 1.82) is 0 Å². The lowest BCUT2D eigenvalue weighted by molar-refractivity contribution is 0.124. The summed E-state index contributed by atoms with van der Waals surface area (Å²) in [5.74, 6) is 5.83. The van der Waals surface area contributed by atoms with Crippen LogP contribution in [-0.2, 0) is 17.9 Å². The number of hydrogen-bond acceptors (Lipinski definition) is 3. The molecule has 0 fully saturated rings. The summed E-state index contributed by atoms with van der Waals surface area (Å²) in [7, 11) is 0. The highest BCUT2D eigenvalue weighted by atomic mass is 35.5. The fourth-order valence-corrected chi connectivity index (χ4v) is 2.21. The fraction of sp³-hybridized carbons (Fsp3) is 0.455. The second-order valence-corrected chi connectivity index (χ2v) is 4.82. The van der Waals surface area contributed by atoms with Gasteiger partial charge in [-0.25, -0.2) is 5.90 Å². The molecule has 1 aromatic rings. The highest BCUT2D eigenvalue weighted by molar-refractivity contribution is 6.32. The van der Waals surface area contributed by atoms with Crippen molar-refractivity contribution in [2.75, 3.05) is 0 Å². The van der Waals surface area contributed by atoms with Crippen molar-refractivity contribution in [3.63, 3.8) is 0 Å². The summed E-state index contributed by atoms with van der Waals surface area (Å²) in [4.78, 5) is 4.60. The zero-order valence-electron chi connectivity index (χ0n) is 8.84. The van der Waals surface area contributed by atoms with Gasteiger partial charge in [-0.1, -0.05) is 11.6 Å². The minimum absolute atomic E-state index is 0.172. The van der Waals surface area contributed by atoms with Gasteiger partial charge in [0.25, 0.3) is 0 Å². The molecule has 0 aliphatic carbocycles. The van der Waals surface area contributed by atoms with Crippen LogP contribution < -0.4 is 10.6 Å². The molecule has 1 heterocycles. The van der Waals surface area contributed by atoms with E-state index in [1.54, 1.807) is 0 Å². The lowest BCUT2D eigenvalue weighted by Crippen LogP contribution is -2.24. The summed E-state index contributed by atoms with van der Waals surface area (Å²) in [6.07, 6.45) is 0.862. The second kappa shape index (κ2) is 3.67. The molecular weight excluding hydrogens is 214 g/mol. The van der Waals surface area contributed by atoms with Crippen LogP contribution in [0.2, 0.25) is 5.02 Å². The summed E-state index contributed by atoms with van der Waals surface area (Å²) >= 11 is 6.12. The first kappa shape index (κ1) is 10.7. The third-order valence-corrected chi connectivity index (χ3v) is 2.71. The average Bonchev–Trinajstić information content (AvgIpc) is 2.41. The van der Waals surface area contributed by atoms with Crippen molar-refractivity contribution in [2.24, 2.45) is 5.90 Å². The van der Waals surface area contributed by atoms with Crippen molar-refractivity contribution in [1.82, 2.24) is 0 Å². The first-order chi connectivity index (χ1) is 7.02. The van der Waals surface area contributed by atoms with Gasteiger partial charge in [0.15, 0.2) is 0 Å². The molecule has 3 nitrogen and oxygen atoms in total. The van der Waals surface area contributed by atoms with Crippen LogP contribution in [0.3, 0.4) is 0 Å². The summed E-state index contributed by atoms with van der Waals surface area (Å²) in [5.41, 5.74) is 1.93. The smallest absolute Gasteiger partial charge is 0.142 e. The third-order valence-electron chi connectivity index (χ3n) is 2.42. The molecule has 82 valence electrons. The van der Waals surface area contributed by atoms with Gasteiger partial charge < -0.3 is 4.74 Å². The van der Waals surface area contributed by atoms with Crippen LogP contribution in [0.1, 0.15) is 25.0 Å². The molecular formula is C11H14ClNO2. The highest BCUT2D eigenvalue weighted by Gasteiger charge is 2.31. The first-order valence-corrected chi connectivity index (χ1v) is 5.21.